The van der Waals surface area contributed by atoms with Crippen LogP contribution in [0.25, 0.3) is 0 Å². The smallest absolute Gasteiger partial charge is 0.164 e. The van der Waals surface area contributed by atoms with Crippen LogP contribution in [0, 0.1) is 5.92 Å². The minimum Gasteiger partial charge on any atom is -0.314 e. The Morgan fingerprint density at radius 1 is 1.24 bits per heavy atom. The van der Waals surface area contributed by atoms with Crippen LogP contribution in [0.3, 0.4) is 0 Å². The Bertz CT molecular complexity index is 414. The molecule has 0 aromatic rings. The van der Waals surface area contributed by atoms with E-state index >= 15 is 0 Å². The minimum absolute atomic E-state index is 0.276. The fraction of sp³-hybridized carbons (Fsp3) is 1.00. The van der Waals surface area contributed by atoms with Crippen LogP contribution in [0.2, 0.25) is 0 Å². The van der Waals surface area contributed by atoms with Crippen molar-refractivity contribution in [1.29, 1.82) is 0 Å². The molecule has 2 rings (SSSR count). The van der Waals surface area contributed by atoms with Gasteiger partial charge in [-0.25, -0.2) is 8.42 Å². The van der Waals surface area contributed by atoms with Gasteiger partial charge >= 0.3 is 0 Å². The first-order valence-corrected chi connectivity index (χ1v) is 11.4. The van der Waals surface area contributed by atoms with Crippen LogP contribution in [-0.4, -0.2) is 62.1 Å². The molecule has 0 spiro atoms. The molecule has 0 aromatic carbocycles. The summed E-state index contributed by atoms with van der Waals surface area (Å²) in [6, 6.07) is 0.562. The topological polar surface area (TPSA) is 49.4 Å². The summed E-state index contributed by atoms with van der Waals surface area (Å²) in [5.74, 6) is 2.39. The number of hydrogen-bond donors (Lipinski definition) is 1. The van der Waals surface area contributed by atoms with Crippen LogP contribution >= 0.6 is 11.8 Å². The summed E-state index contributed by atoms with van der Waals surface area (Å²) in [4.78, 5) is 2.24. The van der Waals surface area contributed by atoms with E-state index in [4.69, 9.17) is 0 Å². The number of sulfone groups is 1. The third-order valence-electron chi connectivity index (χ3n) is 4.78. The standard InChI is InChI=1S/C15H30N2O2S2/c1-3-16-14-8-6-4-5-7-13(14)11-17-9-10-20-12-15(17)21(2,18)19/h13-16H,3-12H2,1-2H3. The maximum absolute atomic E-state index is 12.0. The molecule has 1 aliphatic heterocycles. The molecule has 1 heterocycles. The van der Waals surface area contributed by atoms with E-state index in [0.717, 1.165) is 31.1 Å². The molecule has 0 radical (unpaired) electrons. The lowest BCUT2D eigenvalue weighted by molar-refractivity contribution is 0.191. The number of hydrogen-bond acceptors (Lipinski definition) is 5. The molecular formula is C15H30N2O2S2. The Kier molecular flexibility index (Phi) is 6.84. The predicted octanol–water partition coefficient (Wildman–Crippen LogP) is 1.96. The van der Waals surface area contributed by atoms with Gasteiger partial charge in [-0.15, -0.1) is 0 Å². The van der Waals surface area contributed by atoms with E-state index in [-0.39, 0.29) is 5.37 Å². The number of nitrogens with zero attached hydrogens (tertiary/aromatic N) is 1. The SMILES string of the molecule is CCNC1CCCCCC1CN1CCSCC1S(C)(=O)=O. The van der Waals surface area contributed by atoms with Gasteiger partial charge in [0.2, 0.25) is 0 Å². The van der Waals surface area contributed by atoms with Crippen LogP contribution in [0.15, 0.2) is 0 Å². The first-order valence-electron chi connectivity index (χ1n) is 8.26. The predicted molar refractivity (Wildman–Crippen MR) is 91.6 cm³/mol. The quantitative estimate of drug-likeness (QED) is 0.779. The molecule has 3 atom stereocenters. The highest BCUT2D eigenvalue weighted by Gasteiger charge is 2.34. The molecule has 2 aliphatic rings. The molecule has 1 saturated carbocycles. The lowest BCUT2D eigenvalue weighted by Crippen LogP contribution is -2.51. The highest BCUT2D eigenvalue weighted by Crippen LogP contribution is 2.28. The Morgan fingerprint density at radius 2 is 2.00 bits per heavy atom. The van der Waals surface area contributed by atoms with E-state index in [0.29, 0.717) is 12.0 Å². The van der Waals surface area contributed by atoms with Gasteiger partial charge in [0.15, 0.2) is 9.84 Å². The van der Waals surface area contributed by atoms with Gasteiger partial charge in [0.25, 0.3) is 0 Å². The number of rotatable bonds is 5. The van der Waals surface area contributed by atoms with E-state index in [1.165, 1.54) is 38.4 Å². The maximum atomic E-state index is 12.0. The van der Waals surface area contributed by atoms with Crippen LogP contribution < -0.4 is 5.32 Å². The first kappa shape index (κ1) is 17.6. The van der Waals surface area contributed by atoms with Crippen molar-refractivity contribution in [1.82, 2.24) is 10.2 Å². The van der Waals surface area contributed by atoms with Crippen molar-refractivity contribution in [2.24, 2.45) is 5.92 Å². The highest BCUT2D eigenvalue weighted by atomic mass is 32.2. The molecule has 6 heteroatoms. The van der Waals surface area contributed by atoms with Crippen molar-refractivity contribution in [3.8, 4) is 0 Å². The first-order chi connectivity index (χ1) is 10.0. The van der Waals surface area contributed by atoms with E-state index in [2.05, 4.69) is 17.1 Å². The summed E-state index contributed by atoms with van der Waals surface area (Å²) < 4.78 is 24.1. The molecule has 1 saturated heterocycles. The third-order valence-corrected chi connectivity index (χ3v) is 7.47. The average molecular weight is 335 g/mol. The molecule has 1 aliphatic carbocycles. The van der Waals surface area contributed by atoms with Crippen LogP contribution in [-0.2, 0) is 9.84 Å². The van der Waals surface area contributed by atoms with Crippen molar-refractivity contribution in [3.63, 3.8) is 0 Å². The monoisotopic (exact) mass is 334 g/mol. The van der Waals surface area contributed by atoms with Crippen molar-refractivity contribution in [2.45, 2.75) is 50.4 Å². The Morgan fingerprint density at radius 3 is 2.71 bits per heavy atom. The summed E-state index contributed by atoms with van der Waals surface area (Å²) in [6.45, 7) is 5.03. The van der Waals surface area contributed by atoms with E-state index < -0.39 is 9.84 Å². The van der Waals surface area contributed by atoms with Gasteiger partial charge < -0.3 is 5.32 Å². The zero-order chi connectivity index (χ0) is 15.3. The fourth-order valence-corrected chi connectivity index (χ4v) is 6.61. The van der Waals surface area contributed by atoms with Crippen molar-refractivity contribution >= 4 is 21.6 Å². The Balaban J connectivity index is 2.04. The van der Waals surface area contributed by atoms with Crippen molar-refractivity contribution in [3.05, 3.63) is 0 Å². The molecule has 0 aromatic heterocycles. The zero-order valence-corrected chi connectivity index (χ0v) is 15.0. The second kappa shape index (κ2) is 8.18. The third kappa shape index (κ3) is 5.12. The number of thioether (sulfide) groups is 1. The van der Waals surface area contributed by atoms with Gasteiger partial charge in [-0.05, 0) is 25.3 Å². The maximum Gasteiger partial charge on any atom is 0.164 e. The Labute approximate surface area is 134 Å². The van der Waals surface area contributed by atoms with E-state index in [9.17, 15) is 8.42 Å². The molecule has 124 valence electrons. The normalized spacial score (nSPS) is 32.8. The molecular weight excluding hydrogens is 304 g/mol. The second-order valence-corrected chi connectivity index (χ2v) is 9.77. The lowest BCUT2D eigenvalue weighted by Gasteiger charge is -2.38. The summed E-state index contributed by atoms with van der Waals surface area (Å²) in [5, 5.41) is 3.36. The van der Waals surface area contributed by atoms with Gasteiger partial charge in [0, 0.05) is 36.9 Å². The summed E-state index contributed by atoms with van der Waals surface area (Å²) in [6.07, 6.45) is 7.79. The van der Waals surface area contributed by atoms with E-state index in [1.54, 1.807) is 11.8 Å². The zero-order valence-electron chi connectivity index (χ0n) is 13.4. The lowest BCUT2D eigenvalue weighted by atomic mass is 9.94. The van der Waals surface area contributed by atoms with Crippen molar-refractivity contribution in [2.75, 3.05) is 37.4 Å². The molecule has 21 heavy (non-hydrogen) atoms. The molecule has 0 amide bonds. The van der Waals surface area contributed by atoms with Gasteiger partial charge in [-0.1, -0.05) is 26.2 Å². The largest absolute Gasteiger partial charge is 0.314 e. The van der Waals surface area contributed by atoms with Crippen LogP contribution in [0.4, 0.5) is 0 Å². The Hall–Kier alpha value is 0.220. The molecule has 1 N–H and O–H groups in total. The van der Waals surface area contributed by atoms with Gasteiger partial charge in [0.1, 0.15) is 5.37 Å². The van der Waals surface area contributed by atoms with Gasteiger partial charge in [0.05, 0.1) is 0 Å². The van der Waals surface area contributed by atoms with E-state index in [1.807, 2.05) is 0 Å². The minimum atomic E-state index is -2.98. The number of nitrogens with one attached hydrogen (secondary N) is 1. The molecule has 3 unspecified atom stereocenters. The summed E-state index contributed by atoms with van der Waals surface area (Å²) >= 11 is 1.77. The molecule has 0 bridgehead atoms. The molecule has 2 fully saturated rings. The van der Waals surface area contributed by atoms with Gasteiger partial charge in [-0.3, -0.25) is 4.90 Å². The summed E-state index contributed by atoms with van der Waals surface area (Å²) in [5.41, 5.74) is 0. The van der Waals surface area contributed by atoms with Crippen LogP contribution in [0.5, 0.6) is 0 Å². The van der Waals surface area contributed by atoms with Gasteiger partial charge in [-0.2, -0.15) is 11.8 Å². The van der Waals surface area contributed by atoms with Crippen LogP contribution in [0.1, 0.15) is 39.0 Å². The average Bonchev–Trinajstić information content (AvgIpc) is 2.65. The highest BCUT2D eigenvalue weighted by molar-refractivity contribution is 8.00. The fourth-order valence-electron chi connectivity index (χ4n) is 3.65. The summed E-state index contributed by atoms with van der Waals surface area (Å²) in [7, 11) is -2.98. The van der Waals surface area contributed by atoms with Crippen molar-refractivity contribution < 1.29 is 8.42 Å². The second-order valence-electron chi connectivity index (χ2n) is 6.42. The molecule has 4 nitrogen and oxygen atoms in total.